The highest BCUT2D eigenvalue weighted by Gasteiger charge is 2.45. The van der Waals surface area contributed by atoms with Gasteiger partial charge in [-0.15, -0.1) is 0 Å². The van der Waals surface area contributed by atoms with Crippen LogP contribution in [0.3, 0.4) is 0 Å². The molecule has 344 valence electrons. The molecule has 0 radical (unpaired) electrons. The molecular weight excluding hydrogens is 886 g/mol. The van der Waals surface area contributed by atoms with Crippen molar-refractivity contribution in [2.45, 2.75) is 31.5 Å². The summed E-state index contributed by atoms with van der Waals surface area (Å²) in [5, 5.41) is 2.49. The number of aromatic nitrogens is 2. The second-order valence-electron chi connectivity index (χ2n) is 16.3. The molecule has 66 heavy (non-hydrogen) atoms. The van der Waals surface area contributed by atoms with Crippen molar-refractivity contribution in [3.63, 3.8) is 0 Å². The molecule has 5 aromatic rings. The number of rotatable bonds is 15. The van der Waals surface area contributed by atoms with Gasteiger partial charge in [0, 0.05) is 86.8 Å². The monoisotopic (exact) mass is 928 g/mol. The van der Waals surface area contributed by atoms with E-state index >= 15 is 8.78 Å². The summed E-state index contributed by atoms with van der Waals surface area (Å²) < 4.78 is 84.5. The number of H-pyrrole nitrogens is 1. The van der Waals surface area contributed by atoms with Crippen molar-refractivity contribution in [2.75, 3.05) is 75.3 Å². The first-order chi connectivity index (χ1) is 31.8. The van der Waals surface area contributed by atoms with Gasteiger partial charge < -0.3 is 19.4 Å². The SMILES string of the molecule is O=C1CCC(N2C(=O)c3ccc(N4CCN(CCOCCOc5ccc(-c6cnc7[nH]cc(C(=O)c8c(F)ccc(NS(=O)(=O)N9CC[C@@H](F)C9)c8F)c7c6)cc5)CC4)cc3C2=O)C(=O)N1. The molecule has 1 unspecified atom stereocenters. The Hall–Kier alpha value is -6.68. The molecule has 0 spiro atoms. The largest absolute Gasteiger partial charge is 0.491 e. The fourth-order valence-corrected chi connectivity index (χ4v) is 9.84. The number of aromatic amines is 1. The summed E-state index contributed by atoms with van der Waals surface area (Å²) in [4.78, 5) is 76.6. The lowest BCUT2D eigenvalue weighted by atomic mass is 10.00. The number of benzene rings is 3. The molecule has 0 saturated carbocycles. The van der Waals surface area contributed by atoms with Crippen LogP contribution in [-0.2, 0) is 24.5 Å². The number of piperidine rings is 1. The van der Waals surface area contributed by atoms with E-state index in [1.165, 1.54) is 6.20 Å². The Morgan fingerprint density at radius 3 is 2.38 bits per heavy atom. The number of pyridine rings is 1. The minimum Gasteiger partial charge on any atom is -0.491 e. The highest BCUT2D eigenvalue weighted by molar-refractivity contribution is 7.90. The number of carbonyl (C=O) groups is 5. The van der Waals surface area contributed by atoms with Gasteiger partial charge in [0.2, 0.25) is 17.6 Å². The van der Waals surface area contributed by atoms with Crippen LogP contribution in [0.15, 0.2) is 73.1 Å². The van der Waals surface area contributed by atoms with Gasteiger partial charge in [-0.2, -0.15) is 12.7 Å². The number of halogens is 3. The number of piperazine rings is 1. The Bertz CT molecular complexity index is 2870. The summed E-state index contributed by atoms with van der Waals surface area (Å²) in [6.07, 6.45) is 1.64. The van der Waals surface area contributed by atoms with Gasteiger partial charge in [0.1, 0.15) is 36.0 Å². The van der Waals surface area contributed by atoms with E-state index in [9.17, 15) is 36.8 Å². The molecule has 4 aliphatic rings. The molecule has 0 aliphatic carbocycles. The normalized spacial score (nSPS) is 19.4. The molecule has 21 heteroatoms. The van der Waals surface area contributed by atoms with Crippen molar-refractivity contribution in [1.82, 2.24) is 29.4 Å². The maximum Gasteiger partial charge on any atom is 0.301 e. The number of ketones is 1. The van der Waals surface area contributed by atoms with Gasteiger partial charge in [-0.1, -0.05) is 12.1 Å². The molecule has 3 saturated heterocycles. The third-order valence-electron chi connectivity index (χ3n) is 12.2. The van der Waals surface area contributed by atoms with Crippen molar-refractivity contribution in [2.24, 2.45) is 0 Å². The second kappa shape index (κ2) is 18.3. The molecule has 9 rings (SSSR count). The predicted octanol–water partition coefficient (Wildman–Crippen LogP) is 4.06. The molecule has 3 fully saturated rings. The minimum atomic E-state index is -4.37. The van der Waals surface area contributed by atoms with E-state index in [0.29, 0.717) is 50.8 Å². The van der Waals surface area contributed by atoms with E-state index in [2.05, 4.69) is 25.1 Å². The zero-order valence-corrected chi connectivity index (χ0v) is 36.0. The van der Waals surface area contributed by atoms with Crippen LogP contribution < -0.4 is 19.7 Å². The number of alkyl halides is 1. The lowest BCUT2D eigenvalue weighted by Gasteiger charge is -2.36. The van der Waals surface area contributed by atoms with Crippen LogP contribution >= 0.6 is 0 Å². The van der Waals surface area contributed by atoms with Gasteiger partial charge in [-0.3, -0.25) is 43.8 Å². The molecule has 2 atom stereocenters. The average Bonchev–Trinajstić information content (AvgIpc) is 4.02. The van der Waals surface area contributed by atoms with Crippen LogP contribution in [0.5, 0.6) is 5.75 Å². The van der Waals surface area contributed by atoms with Crippen molar-refractivity contribution in [1.29, 1.82) is 0 Å². The molecule has 3 aromatic carbocycles. The Balaban J connectivity index is 0.735. The molecule has 17 nitrogen and oxygen atoms in total. The molecule has 2 aromatic heterocycles. The first-order valence-electron chi connectivity index (χ1n) is 21.3. The highest BCUT2D eigenvalue weighted by atomic mass is 32.2. The van der Waals surface area contributed by atoms with Crippen LogP contribution in [-0.4, -0.2) is 140 Å². The van der Waals surface area contributed by atoms with Crippen molar-refractivity contribution < 1.29 is 55.0 Å². The van der Waals surface area contributed by atoms with Gasteiger partial charge in [0.25, 0.3) is 11.8 Å². The molecule has 4 amide bonds. The quantitative estimate of drug-likeness (QED) is 0.0774. The van der Waals surface area contributed by atoms with E-state index in [4.69, 9.17) is 9.47 Å². The van der Waals surface area contributed by atoms with Gasteiger partial charge in [0.15, 0.2) is 5.82 Å². The third-order valence-corrected chi connectivity index (χ3v) is 13.7. The van der Waals surface area contributed by atoms with Crippen LogP contribution in [0.1, 0.15) is 55.9 Å². The summed E-state index contributed by atoms with van der Waals surface area (Å²) in [6, 6.07) is 14.5. The minimum absolute atomic E-state index is 0.0102. The van der Waals surface area contributed by atoms with E-state index in [0.717, 1.165) is 45.7 Å². The van der Waals surface area contributed by atoms with E-state index in [1.54, 1.807) is 48.7 Å². The fourth-order valence-electron chi connectivity index (χ4n) is 8.58. The number of nitrogens with zero attached hydrogens (tertiary/aromatic N) is 5. The zero-order chi connectivity index (χ0) is 46.3. The Labute approximate surface area is 376 Å². The van der Waals surface area contributed by atoms with E-state index in [-0.39, 0.29) is 53.5 Å². The van der Waals surface area contributed by atoms with Crippen LogP contribution in [0.2, 0.25) is 0 Å². The Morgan fingerprint density at radius 1 is 0.864 bits per heavy atom. The molecule has 6 heterocycles. The number of anilines is 2. The average molecular weight is 929 g/mol. The number of imide groups is 2. The predicted molar refractivity (Wildman–Crippen MR) is 233 cm³/mol. The van der Waals surface area contributed by atoms with Crippen LogP contribution in [0.4, 0.5) is 24.5 Å². The van der Waals surface area contributed by atoms with Gasteiger partial charge in [0.05, 0.1) is 35.6 Å². The summed E-state index contributed by atoms with van der Waals surface area (Å²) in [5.74, 6) is -5.20. The highest BCUT2D eigenvalue weighted by Crippen LogP contribution is 2.33. The molecule has 4 aliphatic heterocycles. The maximum atomic E-state index is 15.7. The van der Waals surface area contributed by atoms with Crippen molar-refractivity contribution >= 4 is 62.0 Å². The van der Waals surface area contributed by atoms with Crippen molar-refractivity contribution in [3.8, 4) is 16.9 Å². The lowest BCUT2D eigenvalue weighted by molar-refractivity contribution is -0.136. The van der Waals surface area contributed by atoms with Gasteiger partial charge in [-0.05, 0) is 66.9 Å². The third kappa shape index (κ3) is 8.85. The maximum absolute atomic E-state index is 15.7. The number of carbonyl (C=O) groups excluding carboxylic acids is 5. The Kier molecular flexibility index (Phi) is 12.3. The van der Waals surface area contributed by atoms with Crippen LogP contribution in [0.25, 0.3) is 22.2 Å². The number of amides is 4. The number of fused-ring (bicyclic) bond motifs is 2. The summed E-state index contributed by atoms with van der Waals surface area (Å²) in [7, 11) is -4.37. The number of nitrogens with one attached hydrogen (secondary N) is 3. The summed E-state index contributed by atoms with van der Waals surface area (Å²) >= 11 is 0. The van der Waals surface area contributed by atoms with Crippen LogP contribution in [0, 0.1) is 11.6 Å². The number of hydrogen-bond donors (Lipinski definition) is 3. The molecule has 0 bridgehead atoms. The zero-order valence-electron chi connectivity index (χ0n) is 35.2. The topological polar surface area (TPSA) is 204 Å². The molecular formula is C45H43F3N8O9S. The van der Waals surface area contributed by atoms with Gasteiger partial charge >= 0.3 is 10.2 Å². The smallest absolute Gasteiger partial charge is 0.301 e. The molecule has 3 N–H and O–H groups in total. The van der Waals surface area contributed by atoms with E-state index < -0.39 is 81.3 Å². The Morgan fingerprint density at radius 2 is 1.64 bits per heavy atom. The van der Waals surface area contributed by atoms with Crippen molar-refractivity contribution in [3.05, 3.63) is 107 Å². The lowest BCUT2D eigenvalue weighted by Crippen LogP contribution is -2.54. The van der Waals surface area contributed by atoms with Gasteiger partial charge in [-0.25, -0.2) is 18.2 Å². The first-order valence-corrected chi connectivity index (χ1v) is 22.8. The number of hydrogen-bond acceptors (Lipinski definition) is 12. The number of ether oxygens (including phenoxy) is 2. The summed E-state index contributed by atoms with van der Waals surface area (Å²) in [6.45, 7) is 4.20. The summed E-state index contributed by atoms with van der Waals surface area (Å²) in [5.41, 5.74) is 1.20. The first kappa shape index (κ1) is 44.5. The fraction of sp³-hybridized carbons (Fsp3) is 0.333. The van der Waals surface area contributed by atoms with E-state index in [1.807, 2.05) is 10.8 Å². The standard InChI is InChI=1S/C45H43F3N8O9S/c46-28-11-12-55(25-28)66(62,63)52-36-8-7-35(47)39(40(36)48)41(58)34-24-50-42-32(34)21-27(23-49-42)26-1-4-30(5-2-26)65-20-19-64-18-17-53-13-15-54(16-14-53)29-3-6-31-33(22-29)45(61)56(44(31)60)37-9-10-38(57)51-43(37)59/h1-8,21-24,28,37,52H,9-20,25H2,(H,49,50)(H,51,57,59)/t28-,37?/m1/s1. The second-order valence-corrected chi connectivity index (χ2v) is 17.9.